The third-order valence-corrected chi connectivity index (χ3v) is 11.3. The van der Waals surface area contributed by atoms with Crippen LogP contribution in [-0.2, 0) is 33.4 Å². The van der Waals surface area contributed by atoms with Gasteiger partial charge in [0.2, 0.25) is 11.7 Å². The van der Waals surface area contributed by atoms with E-state index in [1.807, 2.05) is 6.92 Å². The van der Waals surface area contributed by atoms with Crippen LogP contribution in [0.5, 0.6) is 0 Å². The fourth-order valence-corrected chi connectivity index (χ4v) is 8.98. The molecule has 0 heterocycles. The Morgan fingerprint density at radius 2 is 1.77 bits per heavy atom. The average molecular weight is 610 g/mol. The smallest absolute Gasteiger partial charge is 0.333 e. The van der Waals surface area contributed by atoms with E-state index in [-0.39, 0.29) is 54.6 Å². The standard InChI is InChI=1S/C34H43NO9/c1-32-15-13-22(36)17-21(32)9-10-23-24-14-16-34(42,33(24,2)18-25(37)29(23)32)26(38)19-44-28(40)12-11-27(39)35-30(31(41)43-3)20-7-5-4-6-8-20/h4-8,17,23-25,29-30,37,42H,9-16,18-19H2,1-3H3,(H,35,39)/t23-,24+,25-,29-,30+,32-,33-,34-/m0/s1. The summed E-state index contributed by atoms with van der Waals surface area (Å²) in [6.07, 6.45) is 4.25. The van der Waals surface area contributed by atoms with Crippen LogP contribution in [0.3, 0.4) is 0 Å². The highest BCUT2D eigenvalue weighted by atomic mass is 16.5. The number of carbonyl (C=O) groups is 5. The second-order valence-corrected chi connectivity index (χ2v) is 13.5. The number of aliphatic hydroxyl groups is 2. The van der Waals surface area contributed by atoms with E-state index >= 15 is 0 Å². The number of ether oxygens (including phenoxy) is 2. The van der Waals surface area contributed by atoms with Crippen molar-refractivity contribution in [2.24, 2.45) is 28.6 Å². The van der Waals surface area contributed by atoms with Gasteiger partial charge in [0.25, 0.3) is 0 Å². The Kier molecular flexibility index (Phi) is 8.88. The first kappa shape index (κ1) is 32.0. The van der Waals surface area contributed by atoms with Crippen molar-refractivity contribution in [3.05, 3.63) is 47.5 Å². The Morgan fingerprint density at radius 1 is 1.05 bits per heavy atom. The number of ketones is 2. The normalized spacial score (nSPS) is 34.8. The highest BCUT2D eigenvalue weighted by Crippen LogP contribution is 2.67. The zero-order valence-corrected chi connectivity index (χ0v) is 25.7. The summed E-state index contributed by atoms with van der Waals surface area (Å²) in [7, 11) is 1.22. The number of allylic oxidation sites excluding steroid dienone is 1. The second kappa shape index (κ2) is 12.2. The maximum atomic E-state index is 13.5. The number of benzene rings is 1. The molecule has 4 aliphatic carbocycles. The number of fused-ring (bicyclic) bond motifs is 5. The van der Waals surface area contributed by atoms with Gasteiger partial charge in [0.1, 0.15) is 5.60 Å². The molecule has 5 rings (SSSR count). The molecule has 0 unspecified atom stereocenters. The molecular weight excluding hydrogens is 566 g/mol. The average Bonchev–Trinajstić information content (AvgIpc) is 3.28. The number of hydrogen-bond donors (Lipinski definition) is 3. The topological polar surface area (TPSA) is 156 Å². The van der Waals surface area contributed by atoms with Gasteiger partial charge in [-0.25, -0.2) is 4.79 Å². The van der Waals surface area contributed by atoms with Gasteiger partial charge in [0, 0.05) is 18.3 Å². The summed E-state index contributed by atoms with van der Waals surface area (Å²) < 4.78 is 10.0. The Balaban J connectivity index is 1.18. The Morgan fingerprint density at radius 3 is 2.48 bits per heavy atom. The van der Waals surface area contributed by atoms with Gasteiger partial charge in [0.15, 0.2) is 18.4 Å². The van der Waals surface area contributed by atoms with Crippen LogP contribution in [0, 0.1) is 28.6 Å². The molecule has 0 aromatic heterocycles. The van der Waals surface area contributed by atoms with Crippen LogP contribution in [0.2, 0.25) is 0 Å². The molecule has 1 amide bonds. The molecule has 3 saturated carbocycles. The van der Waals surface area contributed by atoms with E-state index in [1.54, 1.807) is 36.4 Å². The minimum absolute atomic E-state index is 0.00706. The predicted molar refractivity (Wildman–Crippen MR) is 158 cm³/mol. The number of rotatable bonds is 9. The minimum atomic E-state index is -1.76. The van der Waals surface area contributed by atoms with Crippen molar-refractivity contribution in [2.45, 2.75) is 89.4 Å². The number of hydrogen-bond acceptors (Lipinski definition) is 9. The fraction of sp³-hybridized carbons (Fsp3) is 0.618. The molecule has 44 heavy (non-hydrogen) atoms. The first-order valence-electron chi connectivity index (χ1n) is 15.6. The Labute approximate surface area is 257 Å². The Bertz CT molecular complexity index is 1360. The summed E-state index contributed by atoms with van der Waals surface area (Å²) >= 11 is 0. The molecule has 0 radical (unpaired) electrons. The molecule has 0 saturated heterocycles. The van der Waals surface area contributed by atoms with Crippen LogP contribution in [-0.4, -0.2) is 65.0 Å². The highest BCUT2D eigenvalue weighted by Gasteiger charge is 2.68. The maximum absolute atomic E-state index is 13.5. The lowest BCUT2D eigenvalue weighted by Crippen LogP contribution is -2.62. The number of carbonyl (C=O) groups excluding carboxylic acids is 5. The van der Waals surface area contributed by atoms with Crippen LogP contribution in [0.1, 0.15) is 83.2 Å². The molecule has 0 bridgehead atoms. The van der Waals surface area contributed by atoms with Gasteiger partial charge in [-0.3, -0.25) is 19.2 Å². The molecule has 4 aliphatic rings. The zero-order chi connectivity index (χ0) is 31.9. The van der Waals surface area contributed by atoms with E-state index in [9.17, 15) is 34.2 Å². The number of esters is 2. The van der Waals surface area contributed by atoms with E-state index in [2.05, 4.69) is 12.2 Å². The number of methoxy groups -OCH3 is 1. The molecule has 8 atom stereocenters. The minimum Gasteiger partial charge on any atom is -0.467 e. The van der Waals surface area contributed by atoms with Crippen LogP contribution in [0.15, 0.2) is 42.0 Å². The summed E-state index contributed by atoms with van der Waals surface area (Å²) in [5, 5.41) is 26.0. The van der Waals surface area contributed by atoms with E-state index in [0.29, 0.717) is 24.8 Å². The third kappa shape index (κ3) is 5.51. The molecule has 238 valence electrons. The molecule has 0 spiro atoms. The number of nitrogens with one attached hydrogen (secondary N) is 1. The number of amides is 1. The van der Waals surface area contributed by atoms with Crippen molar-refractivity contribution in [3.63, 3.8) is 0 Å². The number of aliphatic hydroxyl groups excluding tert-OH is 1. The van der Waals surface area contributed by atoms with Crippen molar-refractivity contribution >= 4 is 29.4 Å². The molecule has 10 heteroatoms. The second-order valence-electron chi connectivity index (χ2n) is 13.5. The summed E-state index contributed by atoms with van der Waals surface area (Å²) in [6.45, 7) is 3.39. The Hall–Kier alpha value is -3.37. The quantitative estimate of drug-likeness (QED) is 0.358. The SMILES string of the molecule is COC(=O)[C@H](NC(=O)CCC(=O)OCC(=O)[C@@]1(O)CC[C@@H]2[C@@H]3CCC4=CC(=O)CC[C@]4(C)[C@@H]3[C@@H](O)C[C@@]21C)c1ccccc1. The first-order chi connectivity index (χ1) is 20.8. The lowest BCUT2D eigenvalue weighted by molar-refractivity contribution is -0.184. The van der Waals surface area contributed by atoms with E-state index < -0.39 is 53.4 Å². The van der Waals surface area contributed by atoms with Gasteiger partial charge in [-0.2, -0.15) is 0 Å². The molecule has 0 aliphatic heterocycles. The van der Waals surface area contributed by atoms with Crippen molar-refractivity contribution in [1.29, 1.82) is 0 Å². The summed E-state index contributed by atoms with van der Waals surface area (Å²) in [5.41, 5.74) is -1.28. The fourth-order valence-electron chi connectivity index (χ4n) is 8.98. The van der Waals surface area contributed by atoms with Crippen LogP contribution in [0.25, 0.3) is 0 Å². The number of Topliss-reactive ketones (excluding diaryl/α,β-unsaturated/α-hetero) is 1. The molecule has 10 nitrogen and oxygen atoms in total. The van der Waals surface area contributed by atoms with Gasteiger partial charge >= 0.3 is 11.9 Å². The van der Waals surface area contributed by atoms with Crippen molar-refractivity contribution in [3.8, 4) is 0 Å². The van der Waals surface area contributed by atoms with Gasteiger partial charge in [-0.05, 0) is 73.3 Å². The third-order valence-electron chi connectivity index (χ3n) is 11.3. The maximum Gasteiger partial charge on any atom is 0.333 e. The zero-order valence-electron chi connectivity index (χ0n) is 25.7. The first-order valence-corrected chi connectivity index (χ1v) is 15.6. The van der Waals surface area contributed by atoms with E-state index in [4.69, 9.17) is 9.47 Å². The van der Waals surface area contributed by atoms with Crippen LogP contribution < -0.4 is 5.32 Å². The van der Waals surface area contributed by atoms with Gasteiger partial charge in [-0.15, -0.1) is 0 Å². The lowest BCUT2D eigenvalue weighted by Gasteiger charge is -2.60. The molecule has 3 N–H and O–H groups in total. The van der Waals surface area contributed by atoms with Crippen molar-refractivity contribution in [1.82, 2.24) is 5.32 Å². The van der Waals surface area contributed by atoms with Gasteiger partial charge < -0.3 is 25.0 Å². The molecule has 3 fully saturated rings. The van der Waals surface area contributed by atoms with Gasteiger partial charge in [-0.1, -0.05) is 49.8 Å². The van der Waals surface area contributed by atoms with Crippen molar-refractivity contribution < 1.29 is 43.7 Å². The van der Waals surface area contributed by atoms with Crippen LogP contribution >= 0.6 is 0 Å². The summed E-state index contributed by atoms with van der Waals surface area (Å²) in [4.78, 5) is 62.9. The van der Waals surface area contributed by atoms with E-state index in [0.717, 1.165) is 18.4 Å². The highest BCUT2D eigenvalue weighted by molar-refractivity contribution is 5.92. The van der Waals surface area contributed by atoms with Crippen molar-refractivity contribution in [2.75, 3.05) is 13.7 Å². The summed E-state index contributed by atoms with van der Waals surface area (Å²) in [6, 6.07) is 7.54. The largest absolute Gasteiger partial charge is 0.467 e. The van der Waals surface area contributed by atoms with Gasteiger partial charge in [0.05, 0.1) is 19.6 Å². The molecule has 1 aromatic rings. The van der Waals surface area contributed by atoms with E-state index in [1.165, 1.54) is 7.11 Å². The van der Waals surface area contributed by atoms with Crippen LogP contribution in [0.4, 0.5) is 0 Å². The molecular formula is C34H43NO9. The monoisotopic (exact) mass is 609 g/mol. The molecule has 1 aromatic carbocycles. The lowest BCUT2D eigenvalue weighted by atomic mass is 9.45. The summed E-state index contributed by atoms with van der Waals surface area (Å²) in [5.74, 6) is -2.39. The predicted octanol–water partition coefficient (Wildman–Crippen LogP) is 3.14.